The first-order chi connectivity index (χ1) is 17.7. The summed E-state index contributed by atoms with van der Waals surface area (Å²) in [6.45, 7) is 13.0. The summed E-state index contributed by atoms with van der Waals surface area (Å²) >= 11 is 0. The van der Waals surface area contributed by atoms with Crippen LogP contribution in [0.2, 0.25) is 0 Å². The van der Waals surface area contributed by atoms with Crippen LogP contribution in [0.15, 0.2) is 11.6 Å². The Morgan fingerprint density at radius 3 is 2.68 bits per heavy atom. The zero-order chi connectivity index (χ0) is 26.0. The molecule has 2 aliphatic heterocycles. The molecule has 6 rings (SSSR count). The van der Waals surface area contributed by atoms with Gasteiger partial charge >= 0.3 is 5.97 Å². The van der Waals surface area contributed by atoms with Gasteiger partial charge in [-0.25, -0.2) is 0 Å². The van der Waals surface area contributed by atoms with Gasteiger partial charge in [-0.2, -0.15) is 0 Å². The van der Waals surface area contributed by atoms with E-state index in [0.29, 0.717) is 35.7 Å². The van der Waals surface area contributed by atoms with Gasteiger partial charge in [0.1, 0.15) is 6.10 Å². The summed E-state index contributed by atoms with van der Waals surface area (Å²) in [5.41, 5.74) is 2.25. The summed E-state index contributed by atoms with van der Waals surface area (Å²) in [7, 11) is 0. The molecule has 0 aromatic carbocycles. The second-order valence-corrected chi connectivity index (χ2v) is 14.6. The van der Waals surface area contributed by atoms with Gasteiger partial charge in [0.15, 0.2) is 5.79 Å². The third-order valence-electron chi connectivity index (χ3n) is 12.6. The van der Waals surface area contributed by atoms with Crippen LogP contribution in [0.3, 0.4) is 0 Å². The molecule has 0 N–H and O–H groups in total. The van der Waals surface area contributed by atoms with Gasteiger partial charge in [0.05, 0.1) is 12.7 Å². The van der Waals surface area contributed by atoms with Crippen molar-refractivity contribution in [1.82, 2.24) is 0 Å². The van der Waals surface area contributed by atoms with Crippen LogP contribution in [0.1, 0.15) is 118 Å². The first-order valence-electron chi connectivity index (χ1n) is 15.9. The van der Waals surface area contributed by atoms with Crippen molar-refractivity contribution < 1.29 is 19.0 Å². The molecule has 2 saturated heterocycles. The summed E-state index contributed by atoms with van der Waals surface area (Å²) in [5.74, 6) is 3.77. The molecule has 4 heteroatoms. The molecule has 5 fully saturated rings. The highest BCUT2D eigenvalue weighted by atomic mass is 16.7. The summed E-state index contributed by atoms with van der Waals surface area (Å²) in [6, 6.07) is 0. The lowest BCUT2D eigenvalue weighted by Gasteiger charge is -2.58. The third kappa shape index (κ3) is 4.17. The van der Waals surface area contributed by atoms with Gasteiger partial charge in [-0.15, -0.1) is 0 Å². The van der Waals surface area contributed by atoms with Crippen molar-refractivity contribution in [1.29, 1.82) is 0 Å². The second kappa shape index (κ2) is 9.65. The van der Waals surface area contributed by atoms with Gasteiger partial charge in [0.2, 0.25) is 0 Å². The second-order valence-electron chi connectivity index (χ2n) is 14.6. The van der Waals surface area contributed by atoms with Crippen LogP contribution in [-0.2, 0) is 19.0 Å². The Balaban J connectivity index is 1.15. The number of fused-ring (bicyclic) bond motifs is 7. The van der Waals surface area contributed by atoms with Gasteiger partial charge in [-0.1, -0.05) is 59.1 Å². The Morgan fingerprint density at radius 1 is 1.08 bits per heavy atom. The summed E-state index contributed by atoms with van der Waals surface area (Å²) in [5, 5.41) is 0. The lowest BCUT2D eigenvalue weighted by molar-refractivity contribution is -0.272. The van der Waals surface area contributed by atoms with Crippen molar-refractivity contribution in [3.63, 3.8) is 0 Å². The molecule has 0 unspecified atom stereocenters. The lowest BCUT2D eigenvalue weighted by atomic mass is 9.47. The Hall–Kier alpha value is -0.870. The number of carbonyl (C=O) groups is 1. The van der Waals surface area contributed by atoms with E-state index in [4.69, 9.17) is 14.2 Å². The molecule has 0 aromatic heterocycles. The predicted octanol–water partition coefficient (Wildman–Crippen LogP) is 7.85. The van der Waals surface area contributed by atoms with Crippen LogP contribution in [0, 0.1) is 46.3 Å². The van der Waals surface area contributed by atoms with Crippen LogP contribution in [0.5, 0.6) is 0 Å². The molecule has 208 valence electrons. The van der Waals surface area contributed by atoms with E-state index < -0.39 is 0 Å². The average molecular weight is 513 g/mol. The highest BCUT2D eigenvalue weighted by Crippen LogP contribution is 2.70. The number of rotatable bonds is 5. The molecule has 3 saturated carbocycles. The largest absolute Gasteiger partial charge is 0.462 e. The van der Waals surface area contributed by atoms with Gasteiger partial charge in [0.25, 0.3) is 0 Å². The Morgan fingerprint density at radius 2 is 1.92 bits per heavy atom. The number of hydrogen-bond donors (Lipinski definition) is 0. The highest BCUT2D eigenvalue weighted by Gasteiger charge is 2.68. The number of carbonyl (C=O) groups excluding carboxylic acids is 1. The summed E-state index contributed by atoms with van der Waals surface area (Å²) in [6.07, 6.45) is 17.4. The Kier molecular flexibility index (Phi) is 6.87. The molecule has 2 heterocycles. The van der Waals surface area contributed by atoms with E-state index in [1.165, 1.54) is 38.5 Å². The summed E-state index contributed by atoms with van der Waals surface area (Å²) in [4.78, 5) is 12.4. The zero-order valence-electron chi connectivity index (χ0n) is 24.2. The van der Waals surface area contributed by atoms with Crippen LogP contribution >= 0.6 is 0 Å². The van der Waals surface area contributed by atoms with Crippen molar-refractivity contribution in [2.24, 2.45) is 46.3 Å². The van der Waals surface area contributed by atoms with E-state index >= 15 is 0 Å². The highest BCUT2D eigenvalue weighted by molar-refractivity contribution is 5.69. The van der Waals surface area contributed by atoms with E-state index in [1.54, 1.807) is 5.57 Å². The molecule has 6 aliphatic rings. The molecule has 0 amide bonds. The summed E-state index contributed by atoms with van der Waals surface area (Å²) < 4.78 is 19.4. The normalized spacial score (nSPS) is 50.6. The predicted molar refractivity (Wildman–Crippen MR) is 146 cm³/mol. The third-order valence-corrected chi connectivity index (χ3v) is 12.6. The van der Waals surface area contributed by atoms with Gasteiger partial charge < -0.3 is 14.2 Å². The molecule has 11 atom stereocenters. The van der Waals surface area contributed by atoms with Gasteiger partial charge in [-0.3, -0.25) is 4.79 Å². The fourth-order valence-electron chi connectivity index (χ4n) is 10.5. The van der Waals surface area contributed by atoms with Crippen molar-refractivity contribution in [2.75, 3.05) is 6.61 Å². The molecule has 1 spiro atoms. The lowest BCUT2D eigenvalue weighted by Crippen LogP contribution is -2.52. The maximum atomic E-state index is 12.4. The monoisotopic (exact) mass is 512 g/mol. The molecular formula is C33H52O4. The van der Waals surface area contributed by atoms with Crippen molar-refractivity contribution in [3.8, 4) is 0 Å². The molecule has 0 bridgehead atoms. The number of allylic oxidation sites excluding steroid dienone is 1. The van der Waals surface area contributed by atoms with E-state index in [2.05, 4.69) is 40.7 Å². The van der Waals surface area contributed by atoms with E-state index in [1.807, 2.05) is 0 Å². The van der Waals surface area contributed by atoms with Gasteiger partial charge in [0, 0.05) is 25.2 Å². The minimum absolute atomic E-state index is 0.0190. The smallest absolute Gasteiger partial charge is 0.306 e. The topological polar surface area (TPSA) is 44.8 Å². The van der Waals surface area contributed by atoms with Crippen molar-refractivity contribution >= 4 is 5.97 Å². The Labute approximate surface area is 225 Å². The Bertz CT molecular complexity index is 902. The van der Waals surface area contributed by atoms with Crippen molar-refractivity contribution in [3.05, 3.63) is 11.6 Å². The van der Waals surface area contributed by atoms with Crippen LogP contribution in [0.25, 0.3) is 0 Å². The molecule has 37 heavy (non-hydrogen) atoms. The maximum absolute atomic E-state index is 12.4. The number of hydrogen-bond acceptors (Lipinski definition) is 4. The number of esters is 1. The van der Waals surface area contributed by atoms with E-state index in [0.717, 1.165) is 62.9 Å². The fraction of sp³-hybridized carbons (Fsp3) is 0.909. The van der Waals surface area contributed by atoms with Crippen molar-refractivity contribution in [2.45, 2.75) is 136 Å². The minimum atomic E-state index is -0.315. The van der Waals surface area contributed by atoms with Crippen LogP contribution < -0.4 is 0 Å². The first kappa shape index (κ1) is 26.4. The average Bonchev–Trinajstić information content (AvgIpc) is 3.31. The first-order valence-corrected chi connectivity index (χ1v) is 15.9. The number of unbranched alkanes of at least 4 members (excludes halogenated alkanes) is 2. The van der Waals surface area contributed by atoms with Crippen LogP contribution in [-0.4, -0.2) is 30.6 Å². The molecule has 4 nitrogen and oxygen atoms in total. The van der Waals surface area contributed by atoms with Gasteiger partial charge in [-0.05, 0) is 91.8 Å². The maximum Gasteiger partial charge on any atom is 0.306 e. The van der Waals surface area contributed by atoms with E-state index in [9.17, 15) is 4.79 Å². The zero-order valence-corrected chi connectivity index (χ0v) is 24.2. The molecule has 0 radical (unpaired) electrons. The molecule has 0 aromatic rings. The number of ether oxygens (including phenoxy) is 3. The standard InChI is InChI=1S/C33H52O4/c1-6-7-8-9-29(34)36-24-13-15-31(4)23(18-24)10-11-25-26(31)14-16-32(5)27(25)19-28-30(32)22(3)33(37-28)17-12-21(2)20-35-33/h10,21-22,24-28,30H,6-9,11-20H2,1-5H3/t21-,22-,24+,25-,26-,27-,28-,30-,31-,32-,33+/m0/s1. The fourth-order valence-corrected chi connectivity index (χ4v) is 10.5. The minimum Gasteiger partial charge on any atom is -0.462 e. The van der Waals surface area contributed by atoms with Crippen LogP contribution in [0.4, 0.5) is 0 Å². The van der Waals surface area contributed by atoms with E-state index in [-0.39, 0.29) is 23.3 Å². The quantitative estimate of drug-likeness (QED) is 0.214. The molecule has 4 aliphatic carbocycles. The molecular weight excluding hydrogens is 460 g/mol. The SMILES string of the molecule is CCCCCC(=O)O[C@@H]1CC[C@@]2(C)C(=CC[C@@H]3[C@@H]4C[C@@H]5O[C@]6(CC[C@H](C)CO6)[C@@H](C)[C@@H]5[C@@]4(C)CC[C@@H]32)C1.